The molecule has 1 heterocycles. The Morgan fingerprint density at radius 2 is 2.28 bits per heavy atom. The van der Waals surface area contributed by atoms with Crippen molar-refractivity contribution in [2.24, 2.45) is 17.6 Å². The van der Waals surface area contributed by atoms with Gasteiger partial charge in [-0.25, -0.2) is 0 Å². The maximum absolute atomic E-state index is 11.6. The van der Waals surface area contributed by atoms with Crippen molar-refractivity contribution in [2.75, 3.05) is 39.9 Å². The van der Waals surface area contributed by atoms with Crippen LogP contribution in [0, 0.1) is 11.8 Å². The molecule has 106 valence electrons. The molecule has 1 rings (SSSR count). The Kier molecular flexibility index (Phi) is 6.60. The fourth-order valence-corrected chi connectivity index (χ4v) is 2.39. The van der Waals surface area contributed by atoms with Crippen molar-refractivity contribution in [1.29, 1.82) is 0 Å². The van der Waals surface area contributed by atoms with Crippen molar-refractivity contribution in [3.8, 4) is 0 Å². The minimum absolute atomic E-state index is 0.112. The Hall–Kier alpha value is -0.650. The van der Waals surface area contributed by atoms with Crippen LogP contribution in [0.3, 0.4) is 0 Å². The summed E-state index contributed by atoms with van der Waals surface area (Å²) >= 11 is 0. The van der Waals surface area contributed by atoms with E-state index in [1.54, 1.807) is 7.11 Å². The standard InChI is InChI=1S/C13H27N3O2/c1-10(2)7-16-5-4-11(8-16)6-15-13(17)12(14)9-18-3/h10-12H,4-9,14H2,1-3H3,(H,15,17). The third-order valence-corrected chi connectivity index (χ3v) is 3.24. The van der Waals surface area contributed by atoms with E-state index in [-0.39, 0.29) is 12.5 Å². The van der Waals surface area contributed by atoms with Gasteiger partial charge in [-0.2, -0.15) is 0 Å². The maximum atomic E-state index is 11.6. The van der Waals surface area contributed by atoms with Crippen molar-refractivity contribution < 1.29 is 9.53 Å². The molecule has 5 heteroatoms. The average Bonchev–Trinajstić information content (AvgIpc) is 2.73. The first-order valence-electron chi connectivity index (χ1n) is 6.77. The molecule has 18 heavy (non-hydrogen) atoms. The normalized spacial score (nSPS) is 22.4. The van der Waals surface area contributed by atoms with Gasteiger partial charge in [0.05, 0.1) is 6.61 Å². The number of carbonyl (C=O) groups is 1. The lowest BCUT2D eigenvalue weighted by atomic mass is 10.1. The number of methoxy groups -OCH3 is 1. The van der Waals surface area contributed by atoms with E-state index in [4.69, 9.17) is 10.5 Å². The predicted octanol–water partition coefficient (Wildman–Crippen LogP) is 0.0542. The second-order valence-corrected chi connectivity index (χ2v) is 5.62. The first-order valence-corrected chi connectivity index (χ1v) is 6.77. The van der Waals surface area contributed by atoms with Crippen LogP contribution in [0.2, 0.25) is 0 Å². The van der Waals surface area contributed by atoms with E-state index in [1.165, 1.54) is 0 Å². The largest absolute Gasteiger partial charge is 0.383 e. The van der Waals surface area contributed by atoms with Crippen molar-refractivity contribution in [3.63, 3.8) is 0 Å². The summed E-state index contributed by atoms with van der Waals surface area (Å²) in [4.78, 5) is 14.1. The highest BCUT2D eigenvalue weighted by Gasteiger charge is 2.23. The third kappa shape index (κ3) is 5.33. The minimum atomic E-state index is -0.553. The van der Waals surface area contributed by atoms with Gasteiger partial charge in [0.2, 0.25) is 5.91 Å². The van der Waals surface area contributed by atoms with E-state index in [0.717, 1.165) is 32.6 Å². The molecule has 2 atom stereocenters. The van der Waals surface area contributed by atoms with Crippen LogP contribution in [0.5, 0.6) is 0 Å². The highest BCUT2D eigenvalue weighted by atomic mass is 16.5. The molecular formula is C13H27N3O2. The number of hydrogen-bond donors (Lipinski definition) is 2. The van der Waals surface area contributed by atoms with Gasteiger partial charge in [-0.3, -0.25) is 4.79 Å². The molecule has 1 aliphatic rings. The number of rotatable bonds is 7. The van der Waals surface area contributed by atoms with Gasteiger partial charge >= 0.3 is 0 Å². The number of amides is 1. The van der Waals surface area contributed by atoms with Crippen LogP contribution in [0.15, 0.2) is 0 Å². The zero-order valence-corrected chi connectivity index (χ0v) is 11.8. The number of carbonyl (C=O) groups excluding carboxylic acids is 1. The van der Waals surface area contributed by atoms with Crippen LogP contribution in [0.4, 0.5) is 0 Å². The molecule has 0 radical (unpaired) electrons. The second-order valence-electron chi connectivity index (χ2n) is 5.62. The summed E-state index contributed by atoms with van der Waals surface area (Å²) in [5, 5.41) is 2.91. The molecule has 0 aromatic rings. The number of hydrogen-bond acceptors (Lipinski definition) is 4. The molecule has 2 unspecified atom stereocenters. The summed E-state index contributed by atoms with van der Waals surface area (Å²) in [6, 6.07) is -0.553. The molecule has 5 nitrogen and oxygen atoms in total. The number of nitrogens with two attached hydrogens (primary N) is 1. The summed E-state index contributed by atoms with van der Waals surface area (Å²) in [7, 11) is 1.55. The van der Waals surface area contributed by atoms with Crippen LogP contribution in [-0.4, -0.2) is 56.7 Å². The summed E-state index contributed by atoms with van der Waals surface area (Å²) in [6.45, 7) is 8.84. The van der Waals surface area contributed by atoms with Crippen LogP contribution >= 0.6 is 0 Å². The monoisotopic (exact) mass is 257 g/mol. The average molecular weight is 257 g/mol. The molecule has 0 aliphatic carbocycles. The molecule has 0 saturated carbocycles. The molecule has 0 aromatic carbocycles. The van der Waals surface area contributed by atoms with Gasteiger partial charge in [0.1, 0.15) is 6.04 Å². The lowest BCUT2D eigenvalue weighted by Gasteiger charge is -2.18. The predicted molar refractivity (Wildman–Crippen MR) is 72.2 cm³/mol. The van der Waals surface area contributed by atoms with E-state index < -0.39 is 6.04 Å². The summed E-state index contributed by atoms with van der Waals surface area (Å²) < 4.78 is 4.86. The Morgan fingerprint density at radius 1 is 1.56 bits per heavy atom. The number of nitrogens with zero attached hydrogens (tertiary/aromatic N) is 1. The molecule has 1 aliphatic heterocycles. The van der Waals surface area contributed by atoms with Gasteiger partial charge in [-0.15, -0.1) is 0 Å². The topological polar surface area (TPSA) is 67.6 Å². The minimum Gasteiger partial charge on any atom is -0.383 e. The molecule has 1 fully saturated rings. The van der Waals surface area contributed by atoms with Crippen molar-refractivity contribution >= 4 is 5.91 Å². The zero-order chi connectivity index (χ0) is 13.5. The maximum Gasteiger partial charge on any atom is 0.239 e. The number of nitrogens with one attached hydrogen (secondary N) is 1. The molecular weight excluding hydrogens is 230 g/mol. The van der Waals surface area contributed by atoms with Crippen LogP contribution in [-0.2, 0) is 9.53 Å². The van der Waals surface area contributed by atoms with E-state index in [1.807, 2.05) is 0 Å². The van der Waals surface area contributed by atoms with Crippen LogP contribution in [0.1, 0.15) is 20.3 Å². The lowest BCUT2D eigenvalue weighted by Crippen LogP contribution is -2.45. The molecule has 0 aromatic heterocycles. The second kappa shape index (κ2) is 7.71. The highest BCUT2D eigenvalue weighted by Crippen LogP contribution is 2.16. The van der Waals surface area contributed by atoms with Crippen molar-refractivity contribution in [3.05, 3.63) is 0 Å². The van der Waals surface area contributed by atoms with Gasteiger partial charge in [0, 0.05) is 26.7 Å². The van der Waals surface area contributed by atoms with E-state index in [9.17, 15) is 4.79 Å². The Bertz CT molecular complexity index is 259. The molecule has 1 amide bonds. The van der Waals surface area contributed by atoms with Gasteiger partial charge in [-0.1, -0.05) is 13.8 Å². The zero-order valence-electron chi connectivity index (χ0n) is 11.8. The molecule has 1 saturated heterocycles. The first kappa shape index (κ1) is 15.4. The smallest absolute Gasteiger partial charge is 0.239 e. The molecule has 0 spiro atoms. The summed E-state index contributed by atoms with van der Waals surface area (Å²) in [6.07, 6.45) is 1.16. The number of ether oxygens (including phenoxy) is 1. The Balaban J connectivity index is 2.19. The SMILES string of the molecule is COCC(N)C(=O)NCC1CCN(CC(C)C)C1. The van der Waals surface area contributed by atoms with Crippen molar-refractivity contribution in [1.82, 2.24) is 10.2 Å². The molecule has 3 N–H and O–H groups in total. The van der Waals surface area contributed by atoms with E-state index in [2.05, 4.69) is 24.1 Å². The van der Waals surface area contributed by atoms with Gasteiger partial charge in [0.15, 0.2) is 0 Å². The third-order valence-electron chi connectivity index (χ3n) is 3.24. The molecule has 0 bridgehead atoms. The van der Waals surface area contributed by atoms with Gasteiger partial charge in [-0.05, 0) is 24.8 Å². The number of likely N-dealkylation sites (tertiary alicyclic amines) is 1. The Morgan fingerprint density at radius 3 is 2.89 bits per heavy atom. The summed E-state index contributed by atoms with van der Waals surface area (Å²) in [5.41, 5.74) is 5.66. The van der Waals surface area contributed by atoms with Gasteiger partial charge in [0.25, 0.3) is 0 Å². The van der Waals surface area contributed by atoms with Gasteiger partial charge < -0.3 is 20.7 Å². The fourth-order valence-electron chi connectivity index (χ4n) is 2.39. The quantitative estimate of drug-likeness (QED) is 0.676. The van der Waals surface area contributed by atoms with Crippen molar-refractivity contribution in [2.45, 2.75) is 26.3 Å². The Labute approximate surface area is 110 Å². The fraction of sp³-hybridized carbons (Fsp3) is 0.923. The van der Waals surface area contributed by atoms with E-state index in [0.29, 0.717) is 11.8 Å². The van der Waals surface area contributed by atoms with Crippen LogP contribution < -0.4 is 11.1 Å². The lowest BCUT2D eigenvalue weighted by molar-refractivity contribution is -0.123. The first-order chi connectivity index (χ1) is 8.52. The highest BCUT2D eigenvalue weighted by molar-refractivity contribution is 5.81. The van der Waals surface area contributed by atoms with Crippen LogP contribution in [0.25, 0.3) is 0 Å². The summed E-state index contributed by atoms with van der Waals surface area (Å²) in [5.74, 6) is 1.15. The van der Waals surface area contributed by atoms with E-state index >= 15 is 0 Å².